The Kier molecular flexibility index (Phi) is 2.98. The number of sulfone groups is 1. The number of hydrogen-bond donors (Lipinski definition) is 0. The molecule has 0 saturated carbocycles. The summed E-state index contributed by atoms with van der Waals surface area (Å²) in [5.74, 6) is 0. The van der Waals surface area contributed by atoms with Gasteiger partial charge in [-0.05, 0) is 11.4 Å². The summed E-state index contributed by atoms with van der Waals surface area (Å²) in [7, 11) is -5.60. The van der Waals surface area contributed by atoms with Crippen molar-refractivity contribution in [2.45, 2.75) is 5.51 Å². The molecule has 0 spiro atoms. The highest BCUT2D eigenvalue weighted by atomic mass is 32.2. The van der Waals surface area contributed by atoms with E-state index in [9.17, 15) is 21.6 Å². The molecule has 1 aromatic rings. The SMILES string of the molecule is [N-]=[N+]=C(c1cccs1)S(=O)(=O)C(F)(F)F. The first-order chi connectivity index (χ1) is 6.80. The van der Waals surface area contributed by atoms with Crippen LogP contribution < -0.4 is 0 Å². The number of nitrogens with zero attached hydrogens (tertiary/aromatic N) is 2. The highest BCUT2D eigenvalue weighted by Crippen LogP contribution is 2.27. The van der Waals surface area contributed by atoms with Gasteiger partial charge in [0.25, 0.3) is 0 Å². The maximum atomic E-state index is 12.1. The standard InChI is InChI=1S/C6H3F3N2O2S2/c7-6(8,9)15(12,13)5(11-10)4-2-1-3-14-4/h1-3H. The Morgan fingerprint density at radius 1 is 1.47 bits per heavy atom. The Labute approximate surface area is 86.5 Å². The maximum Gasteiger partial charge on any atom is 0.509 e. The molecule has 9 heteroatoms. The van der Waals surface area contributed by atoms with Crippen LogP contribution in [0.4, 0.5) is 13.2 Å². The molecule has 15 heavy (non-hydrogen) atoms. The minimum Gasteiger partial charge on any atom is -0.360 e. The topological polar surface area (TPSA) is 70.5 Å². The summed E-state index contributed by atoms with van der Waals surface area (Å²) in [6.07, 6.45) is 0. The molecule has 0 saturated heterocycles. The lowest BCUT2D eigenvalue weighted by molar-refractivity contribution is -0.0450. The molecule has 0 fully saturated rings. The Morgan fingerprint density at radius 2 is 2.07 bits per heavy atom. The molecule has 0 aliphatic rings. The van der Waals surface area contributed by atoms with Crippen molar-refractivity contribution in [3.05, 3.63) is 27.9 Å². The van der Waals surface area contributed by atoms with Crippen molar-refractivity contribution in [1.29, 1.82) is 0 Å². The molecule has 1 aromatic heterocycles. The third kappa shape index (κ3) is 2.09. The fourth-order valence-electron chi connectivity index (χ4n) is 0.745. The van der Waals surface area contributed by atoms with E-state index in [4.69, 9.17) is 5.53 Å². The zero-order valence-electron chi connectivity index (χ0n) is 6.89. The normalized spacial score (nSPS) is 12.2. The Hall–Kier alpha value is -1.18. The molecule has 1 heterocycles. The van der Waals surface area contributed by atoms with Crippen molar-refractivity contribution in [2.24, 2.45) is 0 Å². The molecule has 0 aromatic carbocycles. The predicted molar refractivity (Wildman–Crippen MR) is 47.0 cm³/mol. The molecule has 0 unspecified atom stereocenters. The lowest BCUT2D eigenvalue weighted by Gasteiger charge is -2.01. The van der Waals surface area contributed by atoms with Gasteiger partial charge < -0.3 is 5.53 Å². The Bertz CT molecular complexity index is 497. The van der Waals surface area contributed by atoms with Crippen molar-refractivity contribution >= 4 is 26.2 Å². The largest absolute Gasteiger partial charge is 0.509 e. The van der Waals surface area contributed by atoms with Gasteiger partial charge in [-0.1, -0.05) is 6.07 Å². The second kappa shape index (κ2) is 3.76. The predicted octanol–water partition coefficient (Wildman–Crippen LogP) is 1.66. The van der Waals surface area contributed by atoms with Gasteiger partial charge in [0.2, 0.25) is 0 Å². The van der Waals surface area contributed by atoms with Gasteiger partial charge in [-0.15, -0.1) is 11.3 Å². The van der Waals surface area contributed by atoms with Crippen LogP contribution in [-0.2, 0) is 9.84 Å². The van der Waals surface area contributed by atoms with Gasteiger partial charge in [-0.2, -0.15) is 18.0 Å². The molecule has 0 amide bonds. The number of hydrogen-bond acceptors (Lipinski definition) is 3. The van der Waals surface area contributed by atoms with Crippen LogP contribution in [0.25, 0.3) is 5.53 Å². The third-order valence-electron chi connectivity index (χ3n) is 1.38. The average molecular weight is 256 g/mol. The van der Waals surface area contributed by atoms with Crippen LogP contribution in [0.2, 0.25) is 0 Å². The van der Waals surface area contributed by atoms with Crippen LogP contribution in [0.1, 0.15) is 4.88 Å². The summed E-state index contributed by atoms with van der Waals surface area (Å²) in [6.45, 7) is 0. The fraction of sp³-hybridized carbons (Fsp3) is 0.167. The minimum absolute atomic E-state index is 0.269. The van der Waals surface area contributed by atoms with E-state index in [0.717, 1.165) is 17.4 Å². The zero-order valence-corrected chi connectivity index (χ0v) is 8.53. The van der Waals surface area contributed by atoms with Crippen molar-refractivity contribution < 1.29 is 26.4 Å². The van der Waals surface area contributed by atoms with Crippen molar-refractivity contribution in [1.82, 2.24) is 0 Å². The smallest absolute Gasteiger partial charge is 0.360 e. The van der Waals surface area contributed by atoms with Crippen LogP contribution in [0.3, 0.4) is 0 Å². The number of thiophene rings is 1. The molecular weight excluding hydrogens is 253 g/mol. The summed E-state index contributed by atoms with van der Waals surface area (Å²) < 4.78 is 58.0. The summed E-state index contributed by atoms with van der Waals surface area (Å²) in [5, 5.41) is -0.0168. The van der Waals surface area contributed by atoms with Gasteiger partial charge in [0.15, 0.2) is 0 Å². The molecule has 0 N–H and O–H groups in total. The first-order valence-corrected chi connectivity index (χ1v) is 5.74. The Balaban J connectivity index is 3.36. The van der Waals surface area contributed by atoms with Crippen LogP contribution >= 0.6 is 11.3 Å². The third-order valence-corrected chi connectivity index (χ3v) is 3.81. The van der Waals surface area contributed by atoms with E-state index in [0.29, 0.717) is 0 Å². The van der Waals surface area contributed by atoms with Gasteiger partial charge in [0.05, 0.1) is 0 Å². The first kappa shape index (κ1) is 11.9. The highest BCUT2D eigenvalue weighted by Gasteiger charge is 2.55. The van der Waals surface area contributed by atoms with Gasteiger partial charge in [0, 0.05) is 0 Å². The zero-order chi connectivity index (χ0) is 11.7. The molecule has 4 nitrogen and oxygen atoms in total. The highest BCUT2D eigenvalue weighted by molar-refractivity contribution is 8.07. The number of halogens is 3. The molecule has 0 aliphatic heterocycles. The van der Waals surface area contributed by atoms with Crippen molar-refractivity contribution in [3.63, 3.8) is 0 Å². The lowest BCUT2D eigenvalue weighted by atomic mass is 10.5. The molecule has 0 aliphatic carbocycles. The number of rotatable bonds is 1. The van der Waals surface area contributed by atoms with E-state index in [1.54, 1.807) is 0 Å². The minimum atomic E-state index is -5.60. The maximum absolute atomic E-state index is 12.1. The van der Waals surface area contributed by atoms with Crippen LogP contribution in [0.15, 0.2) is 17.5 Å². The van der Waals surface area contributed by atoms with E-state index in [2.05, 4.69) is 4.79 Å². The van der Waals surface area contributed by atoms with Crippen LogP contribution in [0.5, 0.6) is 0 Å². The van der Waals surface area contributed by atoms with E-state index in [1.165, 1.54) is 11.4 Å². The quantitative estimate of drug-likeness (QED) is 0.332. The molecule has 0 radical (unpaired) electrons. The van der Waals surface area contributed by atoms with E-state index < -0.39 is 20.4 Å². The molecule has 0 bridgehead atoms. The average Bonchev–Trinajstić information content (AvgIpc) is 2.55. The van der Waals surface area contributed by atoms with Gasteiger partial charge in [0.1, 0.15) is 4.88 Å². The summed E-state index contributed by atoms with van der Waals surface area (Å²) in [5.41, 5.74) is 2.84. The number of alkyl halides is 3. The second-order valence-electron chi connectivity index (χ2n) is 2.33. The molecule has 0 atom stereocenters. The van der Waals surface area contributed by atoms with Gasteiger partial charge in [-0.25, -0.2) is 8.42 Å². The summed E-state index contributed by atoms with van der Waals surface area (Å²) in [6, 6.07) is 2.46. The van der Waals surface area contributed by atoms with Crippen LogP contribution in [-0.4, -0.2) is 23.8 Å². The van der Waals surface area contributed by atoms with Crippen molar-refractivity contribution in [2.75, 3.05) is 0 Å². The first-order valence-electron chi connectivity index (χ1n) is 3.38. The van der Waals surface area contributed by atoms with Gasteiger partial charge >= 0.3 is 20.4 Å². The van der Waals surface area contributed by atoms with Crippen LogP contribution in [0, 0.1) is 0 Å². The van der Waals surface area contributed by atoms with Gasteiger partial charge in [-0.3, -0.25) is 0 Å². The van der Waals surface area contributed by atoms with E-state index in [-0.39, 0.29) is 4.88 Å². The summed E-state index contributed by atoms with van der Waals surface area (Å²) >= 11 is 0.729. The monoisotopic (exact) mass is 256 g/mol. The molecule has 82 valence electrons. The van der Waals surface area contributed by atoms with Crippen molar-refractivity contribution in [3.8, 4) is 0 Å². The Morgan fingerprint density at radius 3 is 2.40 bits per heavy atom. The van der Waals surface area contributed by atoms with E-state index in [1.807, 2.05) is 0 Å². The molecule has 1 rings (SSSR count). The van der Waals surface area contributed by atoms with E-state index >= 15 is 0 Å². The molecular formula is C6H3F3N2O2S2. The second-order valence-corrected chi connectivity index (χ2v) is 5.14. The fourth-order valence-corrected chi connectivity index (χ4v) is 2.48. The summed E-state index contributed by atoms with van der Waals surface area (Å²) in [4.78, 5) is 1.92. The lowest BCUT2D eigenvalue weighted by Crippen LogP contribution is -2.31.